The van der Waals surface area contributed by atoms with Crippen molar-refractivity contribution in [2.24, 2.45) is 10.9 Å². The quantitative estimate of drug-likeness (QED) is 0.805. The summed E-state index contributed by atoms with van der Waals surface area (Å²) in [5, 5.41) is 0. The van der Waals surface area contributed by atoms with Gasteiger partial charge >= 0.3 is 0 Å². The molecule has 1 amide bonds. The number of nitrogens with zero attached hydrogens (tertiary/aromatic N) is 2. The number of fused-ring (bicyclic) bond motifs is 2. The Bertz CT molecular complexity index is 1000. The van der Waals surface area contributed by atoms with Crippen molar-refractivity contribution in [2.75, 3.05) is 26.3 Å². The van der Waals surface area contributed by atoms with E-state index in [0.29, 0.717) is 31.9 Å². The van der Waals surface area contributed by atoms with Crippen molar-refractivity contribution in [3.63, 3.8) is 0 Å². The molecule has 5 heteroatoms. The van der Waals surface area contributed by atoms with E-state index in [2.05, 4.69) is 12.1 Å². The lowest BCUT2D eigenvalue weighted by molar-refractivity contribution is -0.130. The first-order chi connectivity index (χ1) is 14.3. The van der Waals surface area contributed by atoms with Crippen LogP contribution in [-0.2, 0) is 9.53 Å². The van der Waals surface area contributed by atoms with Gasteiger partial charge < -0.3 is 14.4 Å². The van der Waals surface area contributed by atoms with Gasteiger partial charge in [0.2, 0.25) is 0 Å². The highest BCUT2D eigenvalue weighted by atomic mass is 16.5. The van der Waals surface area contributed by atoms with Crippen LogP contribution in [0.2, 0.25) is 0 Å². The summed E-state index contributed by atoms with van der Waals surface area (Å²) in [6, 6.07) is 17.8. The standard InChI is InChI=1S/C24H22N2O3/c27-24(26-13-15-28-16-14-26)20-11-6-10-19-22(20)25-21-12-5-4-9-18(21)23(19)29-17-7-2-1-3-8-17/h1-12,19,23H,13-16H2. The molecule has 2 atom stereocenters. The Balaban J connectivity index is 1.53. The molecule has 1 saturated heterocycles. The number of para-hydroxylation sites is 2. The van der Waals surface area contributed by atoms with Crippen LogP contribution < -0.4 is 4.74 Å². The van der Waals surface area contributed by atoms with E-state index >= 15 is 0 Å². The van der Waals surface area contributed by atoms with Gasteiger partial charge in [-0.05, 0) is 24.3 Å². The maximum atomic E-state index is 13.2. The Labute approximate surface area is 170 Å². The highest BCUT2D eigenvalue weighted by Crippen LogP contribution is 2.42. The van der Waals surface area contributed by atoms with Crippen molar-refractivity contribution in [3.8, 4) is 5.75 Å². The fraction of sp³-hybridized carbons (Fsp3) is 0.250. The molecule has 2 unspecified atom stereocenters. The number of amides is 1. The van der Waals surface area contributed by atoms with Crippen LogP contribution in [0.5, 0.6) is 5.75 Å². The summed E-state index contributed by atoms with van der Waals surface area (Å²) in [5.74, 6) is 0.701. The van der Waals surface area contributed by atoms with Gasteiger partial charge in [0, 0.05) is 18.7 Å². The highest BCUT2D eigenvalue weighted by molar-refractivity contribution is 6.24. The number of allylic oxidation sites excluding steroid dienone is 2. The zero-order valence-corrected chi connectivity index (χ0v) is 16.0. The third-order valence-electron chi connectivity index (χ3n) is 5.52. The Morgan fingerprint density at radius 2 is 1.79 bits per heavy atom. The molecule has 2 aromatic carbocycles. The number of carbonyl (C=O) groups excluding carboxylic acids is 1. The fourth-order valence-corrected chi connectivity index (χ4v) is 4.06. The molecule has 0 spiro atoms. The van der Waals surface area contributed by atoms with E-state index in [1.54, 1.807) is 0 Å². The van der Waals surface area contributed by atoms with Gasteiger partial charge in [-0.3, -0.25) is 9.79 Å². The Hall–Kier alpha value is -3.18. The molecule has 5 nitrogen and oxygen atoms in total. The topological polar surface area (TPSA) is 51.1 Å². The number of rotatable bonds is 3. The normalized spacial score (nSPS) is 22.8. The van der Waals surface area contributed by atoms with Gasteiger partial charge in [-0.1, -0.05) is 48.6 Å². The van der Waals surface area contributed by atoms with Crippen LogP contribution in [0.15, 0.2) is 83.4 Å². The Kier molecular flexibility index (Phi) is 4.74. The summed E-state index contributed by atoms with van der Waals surface area (Å²) in [7, 11) is 0. The molecule has 5 rings (SSSR count). The molecular formula is C24H22N2O3. The third-order valence-corrected chi connectivity index (χ3v) is 5.52. The molecule has 0 N–H and O–H groups in total. The van der Waals surface area contributed by atoms with Crippen LogP contribution in [0.1, 0.15) is 11.7 Å². The number of ether oxygens (including phenoxy) is 2. The lowest BCUT2D eigenvalue weighted by atomic mass is 9.81. The van der Waals surface area contributed by atoms with Gasteiger partial charge in [0.1, 0.15) is 11.9 Å². The lowest BCUT2D eigenvalue weighted by Gasteiger charge is -2.35. The fourth-order valence-electron chi connectivity index (χ4n) is 4.06. The summed E-state index contributed by atoms with van der Waals surface area (Å²) in [6.07, 6.45) is 5.67. The maximum absolute atomic E-state index is 13.2. The first kappa shape index (κ1) is 17.9. The second kappa shape index (κ2) is 7.68. The number of morpholine rings is 1. The average molecular weight is 386 g/mol. The lowest BCUT2D eigenvalue weighted by Crippen LogP contribution is -2.44. The molecule has 2 aromatic rings. The molecule has 0 aromatic heterocycles. The molecule has 29 heavy (non-hydrogen) atoms. The number of hydrogen-bond donors (Lipinski definition) is 0. The molecule has 0 radical (unpaired) electrons. The van der Waals surface area contributed by atoms with Gasteiger partial charge in [-0.15, -0.1) is 0 Å². The number of carbonyl (C=O) groups is 1. The van der Waals surface area contributed by atoms with Crippen LogP contribution in [0.4, 0.5) is 5.69 Å². The molecule has 1 aliphatic carbocycles. The highest BCUT2D eigenvalue weighted by Gasteiger charge is 2.38. The molecule has 0 bridgehead atoms. The van der Waals surface area contributed by atoms with Crippen LogP contribution in [0.3, 0.4) is 0 Å². The van der Waals surface area contributed by atoms with Gasteiger partial charge in [0.25, 0.3) is 5.91 Å². The smallest absolute Gasteiger partial charge is 0.255 e. The van der Waals surface area contributed by atoms with Crippen molar-refractivity contribution in [1.29, 1.82) is 0 Å². The molecule has 3 aliphatic rings. The van der Waals surface area contributed by atoms with Crippen LogP contribution in [0, 0.1) is 5.92 Å². The SMILES string of the molecule is O=C(C1=CC=CC2C1=Nc1ccccc1C2Oc1ccccc1)N1CCOCC1. The first-order valence-corrected chi connectivity index (χ1v) is 9.96. The van der Waals surface area contributed by atoms with Crippen molar-refractivity contribution >= 4 is 17.3 Å². The Morgan fingerprint density at radius 1 is 1.03 bits per heavy atom. The van der Waals surface area contributed by atoms with E-state index in [4.69, 9.17) is 14.5 Å². The zero-order valence-electron chi connectivity index (χ0n) is 16.0. The first-order valence-electron chi connectivity index (χ1n) is 9.96. The van der Waals surface area contributed by atoms with Crippen molar-refractivity contribution in [3.05, 3.63) is 84.0 Å². The van der Waals surface area contributed by atoms with E-state index in [-0.39, 0.29) is 17.9 Å². The number of benzene rings is 2. The monoisotopic (exact) mass is 386 g/mol. The molecule has 146 valence electrons. The molecule has 2 aliphatic heterocycles. The predicted octanol–water partition coefficient (Wildman–Crippen LogP) is 3.86. The van der Waals surface area contributed by atoms with Gasteiger partial charge in [-0.25, -0.2) is 0 Å². The summed E-state index contributed by atoms with van der Waals surface area (Å²) in [4.78, 5) is 20.0. The Morgan fingerprint density at radius 3 is 2.62 bits per heavy atom. The van der Waals surface area contributed by atoms with Gasteiger partial charge in [-0.2, -0.15) is 0 Å². The second-order valence-electron chi connectivity index (χ2n) is 7.30. The van der Waals surface area contributed by atoms with E-state index in [9.17, 15) is 4.79 Å². The van der Waals surface area contributed by atoms with E-state index in [1.165, 1.54) is 0 Å². The maximum Gasteiger partial charge on any atom is 0.255 e. The minimum atomic E-state index is -0.237. The van der Waals surface area contributed by atoms with Gasteiger partial charge in [0.05, 0.1) is 36.1 Å². The van der Waals surface area contributed by atoms with E-state index in [0.717, 1.165) is 22.7 Å². The van der Waals surface area contributed by atoms with Crippen LogP contribution in [-0.4, -0.2) is 42.8 Å². The van der Waals surface area contributed by atoms with Gasteiger partial charge in [0.15, 0.2) is 0 Å². The summed E-state index contributed by atoms with van der Waals surface area (Å²) >= 11 is 0. The van der Waals surface area contributed by atoms with Crippen molar-refractivity contribution in [2.45, 2.75) is 6.10 Å². The van der Waals surface area contributed by atoms with Crippen molar-refractivity contribution < 1.29 is 14.3 Å². The molecular weight excluding hydrogens is 364 g/mol. The predicted molar refractivity (Wildman–Crippen MR) is 111 cm³/mol. The molecule has 2 heterocycles. The number of aliphatic imine (C=N–C) groups is 1. The summed E-state index contributed by atoms with van der Waals surface area (Å²) in [5.41, 5.74) is 3.32. The van der Waals surface area contributed by atoms with Crippen LogP contribution >= 0.6 is 0 Å². The minimum Gasteiger partial charge on any atom is -0.485 e. The third kappa shape index (κ3) is 3.38. The largest absolute Gasteiger partial charge is 0.485 e. The zero-order chi connectivity index (χ0) is 19.6. The second-order valence-corrected chi connectivity index (χ2v) is 7.30. The van der Waals surface area contributed by atoms with Crippen molar-refractivity contribution in [1.82, 2.24) is 4.90 Å². The summed E-state index contributed by atoms with van der Waals surface area (Å²) in [6.45, 7) is 2.37. The molecule has 1 fully saturated rings. The minimum absolute atomic E-state index is 0.0132. The summed E-state index contributed by atoms with van der Waals surface area (Å²) < 4.78 is 11.8. The van der Waals surface area contributed by atoms with Crippen LogP contribution in [0.25, 0.3) is 0 Å². The van der Waals surface area contributed by atoms with E-state index in [1.807, 2.05) is 65.6 Å². The average Bonchev–Trinajstić information content (AvgIpc) is 2.79. The van der Waals surface area contributed by atoms with E-state index < -0.39 is 0 Å². The number of hydrogen-bond acceptors (Lipinski definition) is 4. The molecule has 0 saturated carbocycles.